The van der Waals surface area contributed by atoms with Gasteiger partial charge < -0.3 is 10.6 Å². The normalized spacial score (nSPS) is 16.9. The second kappa shape index (κ2) is 10.9. The molecular weight excluding hydrogens is 445 g/mol. The fourth-order valence-electron chi connectivity index (χ4n) is 3.89. The Morgan fingerprint density at radius 1 is 1.03 bits per heavy atom. The quantitative estimate of drug-likeness (QED) is 0.602. The van der Waals surface area contributed by atoms with Crippen molar-refractivity contribution in [1.29, 1.82) is 0 Å². The van der Waals surface area contributed by atoms with Crippen LogP contribution in [0.5, 0.6) is 0 Å². The molecule has 0 spiro atoms. The average molecular weight is 476 g/mol. The van der Waals surface area contributed by atoms with Crippen LogP contribution in [0.15, 0.2) is 47.4 Å². The molecule has 1 aliphatic rings. The molecule has 7 nitrogen and oxygen atoms in total. The summed E-state index contributed by atoms with van der Waals surface area (Å²) in [7, 11) is -3.79. The molecule has 2 N–H and O–H groups in total. The molecule has 1 heterocycles. The van der Waals surface area contributed by atoms with Gasteiger partial charge in [0.1, 0.15) is 5.82 Å². The number of piperidine rings is 1. The van der Waals surface area contributed by atoms with E-state index < -0.39 is 27.7 Å². The molecule has 1 aliphatic heterocycles. The van der Waals surface area contributed by atoms with Gasteiger partial charge >= 0.3 is 11.8 Å². The van der Waals surface area contributed by atoms with Crippen molar-refractivity contribution in [3.8, 4) is 0 Å². The molecule has 1 saturated heterocycles. The lowest BCUT2D eigenvalue weighted by Gasteiger charge is -2.34. The van der Waals surface area contributed by atoms with Gasteiger partial charge in [-0.15, -0.1) is 0 Å². The molecule has 33 heavy (non-hydrogen) atoms. The van der Waals surface area contributed by atoms with Crippen LogP contribution in [0.3, 0.4) is 0 Å². The Hall–Kier alpha value is -2.78. The number of halogens is 1. The Morgan fingerprint density at radius 2 is 1.73 bits per heavy atom. The fourth-order valence-corrected chi connectivity index (χ4v) is 5.70. The molecule has 9 heteroatoms. The number of amides is 2. The maximum atomic E-state index is 13.6. The summed E-state index contributed by atoms with van der Waals surface area (Å²) in [6.07, 6.45) is 2.67. The summed E-state index contributed by atoms with van der Waals surface area (Å²) in [6.45, 7) is 4.29. The third kappa shape index (κ3) is 6.39. The van der Waals surface area contributed by atoms with E-state index in [1.54, 1.807) is 0 Å². The highest BCUT2D eigenvalue weighted by molar-refractivity contribution is 7.89. The van der Waals surface area contributed by atoms with Crippen LogP contribution in [0.25, 0.3) is 0 Å². The van der Waals surface area contributed by atoms with Gasteiger partial charge in [0.2, 0.25) is 10.0 Å². The highest BCUT2D eigenvalue weighted by Crippen LogP contribution is 2.27. The molecule has 0 unspecified atom stereocenters. The zero-order chi connectivity index (χ0) is 24.0. The zero-order valence-electron chi connectivity index (χ0n) is 18.9. The van der Waals surface area contributed by atoms with Crippen molar-refractivity contribution in [2.45, 2.75) is 57.0 Å². The monoisotopic (exact) mass is 475 g/mol. The van der Waals surface area contributed by atoms with Gasteiger partial charge in [0.05, 0.1) is 4.90 Å². The van der Waals surface area contributed by atoms with E-state index in [2.05, 4.69) is 10.6 Å². The van der Waals surface area contributed by atoms with E-state index in [1.807, 2.05) is 31.2 Å². The number of hydrogen-bond donors (Lipinski definition) is 2. The summed E-state index contributed by atoms with van der Waals surface area (Å²) in [4.78, 5) is 24.3. The van der Waals surface area contributed by atoms with Crippen LogP contribution in [0.2, 0.25) is 0 Å². The minimum absolute atomic E-state index is 0.0628. The van der Waals surface area contributed by atoms with Crippen LogP contribution in [-0.2, 0) is 26.2 Å². The summed E-state index contributed by atoms with van der Waals surface area (Å²) >= 11 is 0. The lowest BCUT2D eigenvalue weighted by Crippen LogP contribution is -2.46. The SMILES string of the molecule is Cc1ccc(CNC(=O)C(=O)NCC[C@@H]2CCCCN2S(=O)(=O)c2ccc(F)c(C)c2)cc1. The number of nitrogens with zero attached hydrogens (tertiary/aromatic N) is 1. The smallest absolute Gasteiger partial charge is 0.309 e. The predicted molar refractivity (Wildman–Crippen MR) is 123 cm³/mol. The number of nitrogens with one attached hydrogen (secondary N) is 2. The molecule has 178 valence electrons. The number of benzene rings is 2. The van der Waals surface area contributed by atoms with Crippen molar-refractivity contribution in [2.24, 2.45) is 0 Å². The third-order valence-electron chi connectivity index (χ3n) is 5.85. The second-order valence-electron chi connectivity index (χ2n) is 8.39. The van der Waals surface area contributed by atoms with Gasteiger partial charge in [-0.05, 0) is 62.4 Å². The zero-order valence-corrected chi connectivity index (χ0v) is 19.8. The Morgan fingerprint density at radius 3 is 2.42 bits per heavy atom. The van der Waals surface area contributed by atoms with Crippen LogP contribution in [-0.4, -0.2) is 43.7 Å². The first-order valence-corrected chi connectivity index (χ1v) is 12.5. The average Bonchev–Trinajstić information content (AvgIpc) is 2.80. The number of carbonyl (C=O) groups excluding carboxylic acids is 2. The topological polar surface area (TPSA) is 95.6 Å². The molecule has 0 saturated carbocycles. The minimum Gasteiger partial charge on any atom is -0.348 e. The number of aryl methyl sites for hydroxylation is 2. The highest BCUT2D eigenvalue weighted by Gasteiger charge is 2.33. The van der Waals surface area contributed by atoms with Gasteiger partial charge in [-0.2, -0.15) is 4.31 Å². The first kappa shape index (κ1) is 24.9. The number of carbonyl (C=O) groups is 2. The first-order valence-electron chi connectivity index (χ1n) is 11.1. The van der Waals surface area contributed by atoms with E-state index in [1.165, 1.54) is 23.4 Å². The maximum Gasteiger partial charge on any atom is 0.309 e. The van der Waals surface area contributed by atoms with E-state index >= 15 is 0 Å². The maximum absolute atomic E-state index is 13.6. The summed E-state index contributed by atoms with van der Waals surface area (Å²) in [5, 5.41) is 5.16. The molecule has 2 amide bonds. The van der Waals surface area contributed by atoms with Gasteiger partial charge in [0.25, 0.3) is 0 Å². The molecule has 3 rings (SSSR count). The van der Waals surface area contributed by atoms with Crippen molar-refractivity contribution in [1.82, 2.24) is 14.9 Å². The number of hydrogen-bond acceptors (Lipinski definition) is 4. The molecular formula is C24H30FN3O4S. The van der Waals surface area contributed by atoms with E-state index in [0.29, 0.717) is 19.4 Å². The van der Waals surface area contributed by atoms with Crippen LogP contribution in [0.4, 0.5) is 4.39 Å². The van der Waals surface area contributed by atoms with Crippen LogP contribution < -0.4 is 10.6 Å². The van der Waals surface area contributed by atoms with Crippen LogP contribution in [0, 0.1) is 19.7 Å². The molecule has 0 aromatic heterocycles. The highest BCUT2D eigenvalue weighted by atomic mass is 32.2. The van der Waals surface area contributed by atoms with Gasteiger partial charge in [-0.3, -0.25) is 9.59 Å². The summed E-state index contributed by atoms with van der Waals surface area (Å²) in [5.41, 5.74) is 2.27. The summed E-state index contributed by atoms with van der Waals surface area (Å²) in [6, 6.07) is 11.1. The summed E-state index contributed by atoms with van der Waals surface area (Å²) < 4.78 is 41.4. The van der Waals surface area contributed by atoms with Crippen LogP contribution >= 0.6 is 0 Å². The van der Waals surface area contributed by atoms with Crippen molar-refractivity contribution in [3.63, 3.8) is 0 Å². The predicted octanol–water partition coefficient (Wildman–Crippen LogP) is 2.81. The molecule has 1 atom stereocenters. The van der Waals surface area contributed by atoms with E-state index in [-0.39, 0.29) is 29.6 Å². The molecule has 1 fully saturated rings. The van der Waals surface area contributed by atoms with Crippen molar-refractivity contribution < 1.29 is 22.4 Å². The lowest BCUT2D eigenvalue weighted by atomic mass is 10.0. The van der Waals surface area contributed by atoms with E-state index in [4.69, 9.17) is 0 Å². The number of sulfonamides is 1. The van der Waals surface area contributed by atoms with Crippen molar-refractivity contribution >= 4 is 21.8 Å². The molecule has 0 bridgehead atoms. The van der Waals surface area contributed by atoms with Gasteiger partial charge in [0, 0.05) is 25.7 Å². The minimum atomic E-state index is -3.79. The van der Waals surface area contributed by atoms with Crippen LogP contribution in [0.1, 0.15) is 42.4 Å². The second-order valence-corrected chi connectivity index (χ2v) is 10.3. The van der Waals surface area contributed by atoms with E-state index in [0.717, 1.165) is 30.0 Å². The molecule has 0 radical (unpaired) electrons. The molecule has 0 aliphatic carbocycles. The van der Waals surface area contributed by atoms with Crippen molar-refractivity contribution in [3.05, 3.63) is 65.0 Å². The Bertz CT molecular complexity index is 1100. The van der Waals surface area contributed by atoms with Crippen molar-refractivity contribution in [2.75, 3.05) is 13.1 Å². The number of rotatable bonds is 7. The largest absolute Gasteiger partial charge is 0.348 e. The first-order chi connectivity index (χ1) is 15.7. The summed E-state index contributed by atoms with van der Waals surface area (Å²) in [5.74, 6) is -1.93. The fraction of sp³-hybridized carbons (Fsp3) is 0.417. The van der Waals surface area contributed by atoms with E-state index in [9.17, 15) is 22.4 Å². The molecule has 2 aromatic carbocycles. The van der Waals surface area contributed by atoms with Gasteiger partial charge in [-0.25, -0.2) is 12.8 Å². The molecule has 2 aromatic rings. The Kier molecular flexibility index (Phi) is 8.20. The van der Waals surface area contributed by atoms with Gasteiger partial charge in [-0.1, -0.05) is 36.2 Å². The lowest BCUT2D eigenvalue weighted by molar-refractivity contribution is -0.139. The Labute approximate surface area is 194 Å². The standard InChI is InChI=1S/C24H30FN3O4S/c1-17-6-8-19(9-7-17)16-27-24(30)23(29)26-13-12-20-5-3-4-14-28(20)33(31,32)21-10-11-22(25)18(2)15-21/h6-11,15,20H,3-5,12-14,16H2,1-2H3,(H,26,29)(H,27,30)/t20-/m0/s1. The third-order valence-corrected chi connectivity index (χ3v) is 7.80. The Balaban J connectivity index is 1.54. The van der Waals surface area contributed by atoms with Gasteiger partial charge in [0.15, 0.2) is 0 Å².